The maximum atomic E-state index is 10.7. The first-order valence-electron chi connectivity index (χ1n) is 5.13. The van der Waals surface area contributed by atoms with Gasteiger partial charge in [0.25, 0.3) is 0 Å². The molecule has 1 atom stereocenters. The van der Waals surface area contributed by atoms with Crippen molar-refractivity contribution >= 4 is 15.9 Å². The van der Waals surface area contributed by atoms with Crippen molar-refractivity contribution in [2.75, 3.05) is 0 Å². The highest BCUT2D eigenvalue weighted by Gasteiger charge is 1.98. The van der Waals surface area contributed by atoms with Gasteiger partial charge in [-0.05, 0) is 31.2 Å². The average Bonchev–Trinajstić information content (AvgIpc) is 2.18. The monoisotopic (exact) mass is 255 g/mol. The first-order chi connectivity index (χ1) is 6.79. The molecule has 0 bridgehead atoms. The number of aryl methyl sites for hydroxylation is 1. The van der Waals surface area contributed by atoms with Gasteiger partial charge in [-0.25, -0.2) is 5.11 Å². The van der Waals surface area contributed by atoms with Crippen LogP contribution in [0.25, 0.3) is 0 Å². The summed E-state index contributed by atoms with van der Waals surface area (Å²) in [7, 11) is 0. The molecule has 0 aromatic heterocycles. The van der Waals surface area contributed by atoms with Gasteiger partial charge in [-0.2, -0.15) is 0 Å². The SMILES string of the molecule is [O]C(Br)CCCCCc1ccccc1. The Labute approximate surface area is 94.3 Å². The van der Waals surface area contributed by atoms with E-state index in [1.54, 1.807) is 0 Å². The zero-order valence-electron chi connectivity index (χ0n) is 8.29. The standard InChI is InChI=1S/C12H16BrO/c13-12(14)10-6-2-5-9-11-7-3-1-4-8-11/h1,3-4,7-8,12H,2,5-6,9-10H2. The molecule has 0 heterocycles. The van der Waals surface area contributed by atoms with Gasteiger partial charge in [-0.3, -0.25) is 0 Å². The Balaban J connectivity index is 2.05. The van der Waals surface area contributed by atoms with Crippen LogP contribution in [0.15, 0.2) is 30.3 Å². The van der Waals surface area contributed by atoms with Crippen LogP contribution in [0, 0.1) is 0 Å². The molecule has 0 saturated heterocycles. The van der Waals surface area contributed by atoms with Gasteiger partial charge >= 0.3 is 0 Å². The van der Waals surface area contributed by atoms with Gasteiger partial charge in [0.15, 0.2) is 0 Å². The van der Waals surface area contributed by atoms with E-state index >= 15 is 0 Å². The van der Waals surface area contributed by atoms with Crippen molar-refractivity contribution in [2.45, 2.75) is 37.1 Å². The molecular weight excluding hydrogens is 240 g/mol. The highest BCUT2D eigenvalue weighted by Crippen LogP contribution is 2.11. The Hall–Kier alpha value is -0.340. The van der Waals surface area contributed by atoms with E-state index in [2.05, 4.69) is 40.2 Å². The Kier molecular flexibility index (Phi) is 5.88. The second kappa shape index (κ2) is 7.02. The van der Waals surface area contributed by atoms with Crippen LogP contribution in [-0.4, -0.2) is 5.01 Å². The molecule has 2 heteroatoms. The summed E-state index contributed by atoms with van der Waals surface area (Å²) in [6.07, 6.45) is 5.25. The molecule has 0 amide bonds. The normalized spacial score (nSPS) is 12.7. The zero-order valence-corrected chi connectivity index (χ0v) is 9.87. The van der Waals surface area contributed by atoms with Crippen molar-refractivity contribution in [2.24, 2.45) is 0 Å². The van der Waals surface area contributed by atoms with Gasteiger partial charge in [-0.15, -0.1) is 0 Å². The third-order valence-electron chi connectivity index (χ3n) is 2.24. The molecule has 77 valence electrons. The summed E-state index contributed by atoms with van der Waals surface area (Å²) in [5.41, 5.74) is 1.39. The molecule has 1 radical (unpaired) electrons. The van der Waals surface area contributed by atoms with E-state index in [0.29, 0.717) is 0 Å². The number of hydrogen-bond acceptors (Lipinski definition) is 0. The number of alkyl halides is 1. The van der Waals surface area contributed by atoms with Crippen LogP contribution in [0.2, 0.25) is 0 Å². The third kappa shape index (κ3) is 5.40. The maximum Gasteiger partial charge on any atom is 0.147 e. The minimum absolute atomic E-state index is 0.570. The van der Waals surface area contributed by atoms with Crippen LogP contribution in [0.1, 0.15) is 31.2 Å². The number of rotatable bonds is 6. The van der Waals surface area contributed by atoms with E-state index in [0.717, 1.165) is 25.7 Å². The van der Waals surface area contributed by atoms with Crippen molar-refractivity contribution in [1.29, 1.82) is 0 Å². The lowest BCUT2D eigenvalue weighted by atomic mass is 10.1. The van der Waals surface area contributed by atoms with Crippen LogP contribution < -0.4 is 0 Å². The van der Waals surface area contributed by atoms with E-state index < -0.39 is 5.01 Å². The molecule has 0 aliphatic heterocycles. The van der Waals surface area contributed by atoms with Crippen molar-refractivity contribution < 1.29 is 5.11 Å². The van der Waals surface area contributed by atoms with Crippen LogP contribution in [0.3, 0.4) is 0 Å². The number of hydrogen-bond donors (Lipinski definition) is 0. The topological polar surface area (TPSA) is 19.9 Å². The number of halogens is 1. The highest BCUT2D eigenvalue weighted by atomic mass is 79.9. The summed E-state index contributed by atoms with van der Waals surface area (Å²) in [5, 5.41) is 10.1. The quantitative estimate of drug-likeness (QED) is 0.542. The van der Waals surface area contributed by atoms with E-state index in [1.165, 1.54) is 12.0 Å². The zero-order chi connectivity index (χ0) is 10.2. The lowest BCUT2D eigenvalue weighted by Crippen LogP contribution is -1.92. The second-order valence-electron chi connectivity index (χ2n) is 3.49. The Morgan fingerprint density at radius 1 is 1.07 bits per heavy atom. The predicted molar refractivity (Wildman–Crippen MR) is 62.0 cm³/mol. The molecule has 0 N–H and O–H groups in total. The summed E-state index contributed by atoms with van der Waals surface area (Å²) in [6, 6.07) is 10.5. The molecule has 1 unspecified atom stereocenters. The fourth-order valence-corrected chi connectivity index (χ4v) is 1.78. The van der Waals surface area contributed by atoms with E-state index in [-0.39, 0.29) is 0 Å². The minimum Gasteiger partial charge on any atom is -0.221 e. The number of benzene rings is 1. The van der Waals surface area contributed by atoms with E-state index in [9.17, 15) is 5.11 Å². The van der Waals surface area contributed by atoms with Gasteiger partial charge in [0, 0.05) is 0 Å². The molecule has 1 aromatic carbocycles. The molecule has 0 spiro atoms. The van der Waals surface area contributed by atoms with Gasteiger partial charge in [0.2, 0.25) is 0 Å². The first-order valence-corrected chi connectivity index (χ1v) is 6.04. The average molecular weight is 256 g/mol. The highest BCUT2D eigenvalue weighted by molar-refractivity contribution is 9.09. The van der Waals surface area contributed by atoms with E-state index in [4.69, 9.17) is 0 Å². The summed E-state index contributed by atoms with van der Waals surface area (Å²) in [6.45, 7) is 0. The van der Waals surface area contributed by atoms with Gasteiger partial charge < -0.3 is 0 Å². The molecule has 0 saturated carbocycles. The molecule has 0 aliphatic rings. The third-order valence-corrected chi connectivity index (χ3v) is 2.70. The fraction of sp³-hybridized carbons (Fsp3) is 0.500. The lowest BCUT2D eigenvalue weighted by molar-refractivity contribution is 0.160. The summed E-state index contributed by atoms with van der Waals surface area (Å²) in [5.74, 6) is 0. The molecule has 14 heavy (non-hydrogen) atoms. The van der Waals surface area contributed by atoms with Crippen LogP contribution >= 0.6 is 15.9 Å². The molecule has 1 nitrogen and oxygen atoms in total. The van der Waals surface area contributed by atoms with Crippen LogP contribution in [-0.2, 0) is 11.5 Å². The predicted octanol–water partition coefficient (Wildman–Crippen LogP) is 3.94. The lowest BCUT2D eigenvalue weighted by Gasteiger charge is -2.01. The fourth-order valence-electron chi connectivity index (χ4n) is 1.46. The molecule has 0 aliphatic carbocycles. The molecule has 1 rings (SSSR count). The van der Waals surface area contributed by atoms with Crippen molar-refractivity contribution in [1.82, 2.24) is 0 Å². The first kappa shape index (κ1) is 11.7. The second-order valence-corrected chi connectivity index (χ2v) is 4.52. The van der Waals surface area contributed by atoms with E-state index in [1.807, 2.05) is 6.07 Å². The van der Waals surface area contributed by atoms with Crippen molar-refractivity contribution in [3.05, 3.63) is 35.9 Å². The molecule has 1 aromatic rings. The van der Waals surface area contributed by atoms with Gasteiger partial charge in [0.05, 0.1) is 0 Å². The molecular formula is C12H16BrO. The Bertz CT molecular complexity index is 233. The Morgan fingerprint density at radius 3 is 2.43 bits per heavy atom. The van der Waals surface area contributed by atoms with Gasteiger partial charge in [0.1, 0.15) is 5.01 Å². The summed E-state index contributed by atoms with van der Waals surface area (Å²) in [4.78, 5) is 0. The van der Waals surface area contributed by atoms with Crippen molar-refractivity contribution in [3.8, 4) is 0 Å². The largest absolute Gasteiger partial charge is 0.221 e. The van der Waals surface area contributed by atoms with Crippen molar-refractivity contribution in [3.63, 3.8) is 0 Å². The maximum absolute atomic E-state index is 10.7. The van der Waals surface area contributed by atoms with Crippen LogP contribution in [0.4, 0.5) is 0 Å². The molecule has 0 fully saturated rings. The smallest absolute Gasteiger partial charge is 0.147 e. The summed E-state index contributed by atoms with van der Waals surface area (Å²) < 4.78 is 0. The van der Waals surface area contributed by atoms with Gasteiger partial charge in [-0.1, -0.05) is 52.7 Å². The summed E-state index contributed by atoms with van der Waals surface area (Å²) >= 11 is 3.02. The Morgan fingerprint density at radius 2 is 1.79 bits per heavy atom. The van der Waals surface area contributed by atoms with Crippen LogP contribution in [0.5, 0.6) is 0 Å². The minimum atomic E-state index is -0.570. The number of unbranched alkanes of at least 4 members (excludes halogenated alkanes) is 2.